The van der Waals surface area contributed by atoms with E-state index in [9.17, 15) is 9.59 Å². The van der Waals surface area contributed by atoms with Crippen LogP contribution in [0.3, 0.4) is 0 Å². The number of likely N-dealkylation sites (N-methyl/N-ethyl adjacent to an activating group) is 1. The Morgan fingerprint density at radius 2 is 1.79 bits per heavy atom. The topological polar surface area (TPSA) is 58.6 Å². The summed E-state index contributed by atoms with van der Waals surface area (Å²) in [5, 5.41) is 2.58. The monoisotopic (exact) mass is 634 g/mol. The van der Waals surface area contributed by atoms with Gasteiger partial charge in [-0.1, -0.05) is 12.1 Å². The summed E-state index contributed by atoms with van der Waals surface area (Å²) in [4.78, 5) is 25.7. The number of ether oxygens (including phenoxy) is 1. The first-order valence-corrected chi connectivity index (χ1v) is 11.0. The summed E-state index contributed by atoms with van der Waals surface area (Å²) in [6, 6.07) is 11.6. The Balaban J connectivity index is 1.83. The van der Waals surface area contributed by atoms with Gasteiger partial charge in [0, 0.05) is 10.6 Å². The van der Waals surface area contributed by atoms with Gasteiger partial charge in [-0.3, -0.25) is 19.8 Å². The van der Waals surface area contributed by atoms with Gasteiger partial charge in [0.05, 0.1) is 8.95 Å². The molecular formula is C19H13Br2IN2O3S. The van der Waals surface area contributed by atoms with Crippen LogP contribution in [0.5, 0.6) is 5.75 Å². The largest absolute Gasteiger partial charge is 0.487 e. The number of nitrogens with zero attached hydrogens (tertiary/aromatic N) is 1. The van der Waals surface area contributed by atoms with E-state index < -0.39 is 11.8 Å². The van der Waals surface area contributed by atoms with Gasteiger partial charge >= 0.3 is 0 Å². The minimum Gasteiger partial charge on any atom is -0.487 e. The Bertz CT molecular complexity index is 986. The van der Waals surface area contributed by atoms with Crippen molar-refractivity contribution in [1.82, 2.24) is 10.2 Å². The molecule has 0 saturated carbocycles. The Kier molecular flexibility index (Phi) is 6.89. The predicted molar refractivity (Wildman–Crippen MR) is 127 cm³/mol. The van der Waals surface area contributed by atoms with E-state index >= 15 is 0 Å². The predicted octanol–water partition coefficient (Wildman–Crippen LogP) is 4.65. The molecule has 0 spiro atoms. The molecular weight excluding hydrogens is 623 g/mol. The molecule has 0 aromatic heterocycles. The summed E-state index contributed by atoms with van der Waals surface area (Å²) >= 11 is 14.2. The number of hydrogen-bond acceptors (Lipinski definition) is 4. The molecule has 0 radical (unpaired) electrons. The van der Waals surface area contributed by atoms with Crippen LogP contribution in [0.1, 0.15) is 11.1 Å². The highest BCUT2D eigenvalue weighted by atomic mass is 127. The summed E-state index contributed by atoms with van der Waals surface area (Å²) in [6.45, 7) is 0.414. The van der Waals surface area contributed by atoms with E-state index in [-0.39, 0.29) is 10.7 Å². The summed E-state index contributed by atoms with van der Waals surface area (Å²) in [5.41, 5.74) is 1.73. The molecule has 1 N–H and O–H groups in total. The van der Waals surface area contributed by atoms with Gasteiger partial charge in [-0.15, -0.1) is 0 Å². The van der Waals surface area contributed by atoms with Gasteiger partial charge in [-0.25, -0.2) is 0 Å². The lowest BCUT2D eigenvalue weighted by Gasteiger charge is -2.25. The van der Waals surface area contributed by atoms with Gasteiger partial charge in [0.2, 0.25) is 0 Å². The summed E-state index contributed by atoms with van der Waals surface area (Å²) in [5.74, 6) is -0.321. The molecule has 0 bridgehead atoms. The van der Waals surface area contributed by atoms with E-state index in [0.717, 1.165) is 9.13 Å². The molecule has 28 heavy (non-hydrogen) atoms. The standard InChI is InChI=1S/C19H13Br2IN2O3S/c1-24-18(26)13(17(25)23-19(24)28)6-11-7-14(20)16(15(21)8-11)27-9-10-2-4-12(22)5-3-10/h2-8H,9H2,1H3,(H,23,25,28)/b13-6+. The lowest BCUT2D eigenvalue weighted by atomic mass is 10.1. The van der Waals surface area contributed by atoms with Crippen LogP contribution >= 0.6 is 66.7 Å². The fourth-order valence-corrected chi connectivity index (χ4v) is 4.44. The molecule has 1 fully saturated rings. The Labute approximate surface area is 197 Å². The van der Waals surface area contributed by atoms with E-state index in [4.69, 9.17) is 17.0 Å². The number of nitrogens with one attached hydrogen (secondary N) is 1. The number of carbonyl (C=O) groups is 2. The smallest absolute Gasteiger partial charge is 0.265 e. The van der Waals surface area contributed by atoms with Crippen molar-refractivity contribution in [3.8, 4) is 5.75 Å². The van der Waals surface area contributed by atoms with Gasteiger partial charge in [0.25, 0.3) is 11.8 Å². The molecule has 1 aliphatic heterocycles. The van der Waals surface area contributed by atoms with Crippen molar-refractivity contribution < 1.29 is 14.3 Å². The molecule has 9 heteroatoms. The second-order valence-electron chi connectivity index (χ2n) is 5.91. The number of hydrogen-bond donors (Lipinski definition) is 1. The number of thiocarbonyl (C=S) groups is 1. The van der Waals surface area contributed by atoms with Crippen molar-refractivity contribution in [2.45, 2.75) is 6.61 Å². The molecule has 0 unspecified atom stereocenters. The van der Waals surface area contributed by atoms with Crippen LogP contribution in [0.25, 0.3) is 6.08 Å². The highest BCUT2D eigenvalue weighted by Gasteiger charge is 2.30. The lowest BCUT2D eigenvalue weighted by Crippen LogP contribution is -2.52. The Morgan fingerprint density at radius 1 is 1.18 bits per heavy atom. The number of rotatable bonds is 4. The zero-order chi connectivity index (χ0) is 20.4. The number of carbonyl (C=O) groups excluding carboxylic acids is 2. The first-order chi connectivity index (χ1) is 13.3. The second-order valence-corrected chi connectivity index (χ2v) is 9.25. The van der Waals surface area contributed by atoms with Crippen LogP contribution in [-0.4, -0.2) is 28.9 Å². The molecule has 0 aliphatic carbocycles. The van der Waals surface area contributed by atoms with Crippen LogP contribution in [0.4, 0.5) is 0 Å². The molecule has 1 saturated heterocycles. The third-order valence-corrected chi connectivity index (χ3v) is 6.21. The van der Waals surface area contributed by atoms with Crippen molar-refractivity contribution in [3.63, 3.8) is 0 Å². The van der Waals surface area contributed by atoms with Gasteiger partial charge < -0.3 is 4.74 Å². The molecule has 144 valence electrons. The molecule has 1 heterocycles. The molecule has 0 atom stereocenters. The van der Waals surface area contributed by atoms with E-state index in [1.54, 1.807) is 12.1 Å². The van der Waals surface area contributed by atoms with E-state index in [1.807, 2.05) is 24.3 Å². The van der Waals surface area contributed by atoms with Crippen LogP contribution in [-0.2, 0) is 16.2 Å². The first kappa shape index (κ1) is 21.4. The highest BCUT2D eigenvalue weighted by Crippen LogP contribution is 2.36. The quantitative estimate of drug-likeness (QED) is 0.230. The maximum Gasteiger partial charge on any atom is 0.265 e. The van der Waals surface area contributed by atoms with Crippen molar-refractivity contribution in [3.05, 3.63) is 65.6 Å². The maximum absolute atomic E-state index is 12.3. The van der Waals surface area contributed by atoms with Crippen LogP contribution in [0.15, 0.2) is 50.9 Å². The van der Waals surface area contributed by atoms with Gasteiger partial charge in [-0.05, 0) is 108 Å². The van der Waals surface area contributed by atoms with Crippen molar-refractivity contribution >= 4 is 89.7 Å². The Morgan fingerprint density at radius 3 is 2.39 bits per heavy atom. The van der Waals surface area contributed by atoms with Gasteiger partial charge in [-0.2, -0.15) is 0 Å². The molecule has 2 aromatic carbocycles. The lowest BCUT2D eigenvalue weighted by molar-refractivity contribution is -0.128. The summed E-state index contributed by atoms with van der Waals surface area (Å²) in [6.07, 6.45) is 1.52. The molecule has 2 amide bonds. The van der Waals surface area contributed by atoms with Crippen molar-refractivity contribution in [2.75, 3.05) is 7.05 Å². The average Bonchev–Trinajstić information content (AvgIpc) is 2.64. The molecule has 1 aliphatic rings. The molecule has 3 rings (SSSR count). The van der Waals surface area contributed by atoms with E-state index in [0.29, 0.717) is 26.9 Å². The zero-order valence-corrected chi connectivity index (χ0v) is 20.6. The van der Waals surface area contributed by atoms with Crippen LogP contribution in [0, 0.1) is 3.57 Å². The number of amides is 2. The molecule has 2 aromatic rings. The van der Waals surface area contributed by atoms with Crippen molar-refractivity contribution in [2.24, 2.45) is 0 Å². The van der Waals surface area contributed by atoms with E-state index in [2.05, 4.69) is 59.8 Å². The highest BCUT2D eigenvalue weighted by molar-refractivity contribution is 14.1. The normalized spacial score (nSPS) is 15.8. The fourth-order valence-electron chi connectivity index (χ4n) is 2.45. The molecule has 5 nitrogen and oxygen atoms in total. The number of benzene rings is 2. The Hall–Kier alpha value is -1.30. The van der Waals surface area contributed by atoms with Crippen molar-refractivity contribution in [1.29, 1.82) is 0 Å². The first-order valence-electron chi connectivity index (χ1n) is 7.97. The maximum atomic E-state index is 12.3. The third-order valence-electron chi connectivity index (χ3n) is 3.93. The fraction of sp³-hybridized carbons (Fsp3) is 0.105. The third kappa shape index (κ3) is 4.81. The summed E-state index contributed by atoms with van der Waals surface area (Å²) in [7, 11) is 1.52. The number of halogens is 3. The SMILES string of the molecule is CN1C(=O)/C(=C/c2cc(Br)c(OCc3ccc(I)cc3)c(Br)c2)C(=O)NC1=S. The van der Waals surface area contributed by atoms with Gasteiger partial charge in [0.15, 0.2) is 5.11 Å². The summed E-state index contributed by atoms with van der Waals surface area (Å²) < 4.78 is 8.49. The minimum absolute atomic E-state index is 0.0162. The van der Waals surface area contributed by atoms with Crippen LogP contribution in [0.2, 0.25) is 0 Å². The average molecular weight is 636 g/mol. The zero-order valence-electron chi connectivity index (χ0n) is 14.5. The van der Waals surface area contributed by atoms with E-state index in [1.165, 1.54) is 18.0 Å². The van der Waals surface area contributed by atoms with Gasteiger partial charge in [0.1, 0.15) is 17.9 Å². The minimum atomic E-state index is -0.514. The van der Waals surface area contributed by atoms with Crippen LogP contribution < -0.4 is 10.1 Å². The second kappa shape index (κ2) is 9.02.